The molecule has 1 saturated heterocycles. The minimum absolute atomic E-state index is 0.162. The lowest BCUT2D eigenvalue weighted by molar-refractivity contribution is -0.133. The van der Waals surface area contributed by atoms with Crippen molar-refractivity contribution in [1.82, 2.24) is 4.90 Å². The van der Waals surface area contributed by atoms with Gasteiger partial charge in [0.2, 0.25) is 5.91 Å². The summed E-state index contributed by atoms with van der Waals surface area (Å²) in [5, 5.41) is 0. The van der Waals surface area contributed by atoms with Crippen molar-refractivity contribution < 1.29 is 4.79 Å². The van der Waals surface area contributed by atoms with Crippen molar-refractivity contribution in [1.29, 1.82) is 0 Å². The van der Waals surface area contributed by atoms with Crippen LogP contribution in [-0.2, 0) is 4.79 Å². The van der Waals surface area contributed by atoms with Crippen LogP contribution in [0.5, 0.6) is 0 Å². The molecule has 0 unspecified atom stereocenters. The summed E-state index contributed by atoms with van der Waals surface area (Å²) in [4.78, 5) is 15.2. The highest BCUT2D eigenvalue weighted by molar-refractivity contribution is 5.84. The molecule has 2 nitrogen and oxygen atoms in total. The Kier molecular flexibility index (Phi) is 2.79. The first kappa shape index (κ1) is 13.1. The highest BCUT2D eigenvalue weighted by Crippen LogP contribution is 2.60. The molecule has 2 heteroatoms. The predicted octanol–water partition coefficient (Wildman–Crippen LogP) is 3.95. The first-order chi connectivity index (χ1) is 10.1. The van der Waals surface area contributed by atoms with Crippen LogP contribution < -0.4 is 0 Å². The van der Waals surface area contributed by atoms with Crippen molar-refractivity contribution >= 4 is 5.91 Å². The summed E-state index contributed by atoms with van der Waals surface area (Å²) < 4.78 is 0. The van der Waals surface area contributed by atoms with Crippen molar-refractivity contribution in [2.75, 3.05) is 0 Å². The third-order valence-electron chi connectivity index (χ3n) is 6.36. The average Bonchev–Trinajstić information content (AvgIpc) is 2.96. The van der Waals surface area contributed by atoms with Gasteiger partial charge in [0, 0.05) is 11.3 Å². The number of likely N-dealkylation sites (tertiary alicyclic amines) is 1. The molecule has 1 aromatic carbocycles. The fraction of sp³-hybridized carbons (Fsp3) is 0.526. The number of hydrogen-bond donors (Lipinski definition) is 0. The lowest BCUT2D eigenvalue weighted by Crippen LogP contribution is -2.43. The van der Waals surface area contributed by atoms with Crippen LogP contribution in [0.15, 0.2) is 42.5 Å². The number of hydrogen-bond acceptors (Lipinski definition) is 1. The molecule has 1 amide bonds. The highest BCUT2D eigenvalue weighted by Gasteiger charge is 2.62. The van der Waals surface area contributed by atoms with Gasteiger partial charge in [0.15, 0.2) is 0 Å². The largest absolute Gasteiger partial charge is 0.329 e. The summed E-state index contributed by atoms with van der Waals surface area (Å²) in [6, 6.07) is 10.9. The van der Waals surface area contributed by atoms with Crippen LogP contribution in [-0.4, -0.2) is 16.8 Å². The predicted molar refractivity (Wildman–Crippen MR) is 83.6 cm³/mol. The first-order valence-electron chi connectivity index (χ1n) is 8.18. The van der Waals surface area contributed by atoms with E-state index < -0.39 is 0 Å². The molecular formula is C19H23NO. The van der Waals surface area contributed by atoms with Gasteiger partial charge in [-0.1, -0.05) is 49.4 Å². The van der Waals surface area contributed by atoms with E-state index in [0.29, 0.717) is 11.8 Å². The maximum atomic E-state index is 13.0. The lowest BCUT2D eigenvalue weighted by Gasteiger charge is -2.41. The molecule has 1 aromatic rings. The van der Waals surface area contributed by atoms with Crippen LogP contribution in [0, 0.1) is 17.3 Å². The van der Waals surface area contributed by atoms with Gasteiger partial charge in [-0.15, -0.1) is 0 Å². The quantitative estimate of drug-likeness (QED) is 0.752. The number of allylic oxidation sites excluding steroid dienone is 1. The van der Waals surface area contributed by atoms with Crippen LogP contribution in [0.25, 0.3) is 0 Å². The molecule has 1 heterocycles. The molecule has 0 spiro atoms. The van der Waals surface area contributed by atoms with E-state index in [4.69, 9.17) is 0 Å². The lowest BCUT2D eigenvalue weighted by atomic mass is 9.67. The van der Waals surface area contributed by atoms with E-state index in [1.165, 1.54) is 12.0 Å². The summed E-state index contributed by atoms with van der Waals surface area (Å²) in [6.07, 6.45) is 8.07. The van der Waals surface area contributed by atoms with E-state index in [0.717, 1.165) is 12.8 Å². The van der Waals surface area contributed by atoms with Crippen LogP contribution in [0.2, 0.25) is 0 Å². The number of benzene rings is 1. The van der Waals surface area contributed by atoms with E-state index in [1.54, 1.807) is 0 Å². The van der Waals surface area contributed by atoms with Crippen LogP contribution >= 0.6 is 0 Å². The fourth-order valence-electron chi connectivity index (χ4n) is 5.10. The molecule has 5 atom stereocenters. The first-order valence-corrected chi connectivity index (χ1v) is 8.18. The van der Waals surface area contributed by atoms with Gasteiger partial charge in [0.05, 0.1) is 12.1 Å². The van der Waals surface area contributed by atoms with Crippen molar-refractivity contribution in [2.24, 2.45) is 17.3 Å². The van der Waals surface area contributed by atoms with Gasteiger partial charge >= 0.3 is 0 Å². The third kappa shape index (κ3) is 1.62. The summed E-state index contributed by atoms with van der Waals surface area (Å²) in [7, 11) is 0. The smallest absolute Gasteiger partial charge is 0.227 e. The van der Waals surface area contributed by atoms with Crippen molar-refractivity contribution in [3.05, 3.63) is 48.0 Å². The van der Waals surface area contributed by atoms with Gasteiger partial charge in [-0.05, 0) is 37.7 Å². The second-order valence-corrected chi connectivity index (χ2v) is 7.13. The van der Waals surface area contributed by atoms with E-state index in [9.17, 15) is 4.79 Å². The number of carbonyl (C=O) groups excluding carboxylic acids is 1. The molecule has 1 aliphatic heterocycles. The third-order valence-corrected chi connectivity index (χ3v) is 6.36. The Morgan fingerprint density at radius 3 is 2.76 bits per heavy atom. The Balaban J connectivity index is 1.75. The molecule has 0 radical (unpaired) electrons. The Bertz CT molecular complexity index is 593. The molecular weight excluding hydrogens is 258 g/mol. The molecule has 2 aliphatic carbocycles. The molecule has 1 saturated carbocycles. The summed E-state index contributed by atoms with van der Waals surface area (Å²) in [6.45, 7) is 4.54. The molecule has 4 rings (SSSR count). The van der Waals surface area contributed by atoms with E-state index in [2.05, 4.69) is 55.2 Å². The zero-order valence-corrected chi connectivity index (χ0v) is 12.8. The SMILES string of the molecule is C[C@H](c1ccccc1)N1C(=O)[C@H]2CC[C@H]3CC=C[C@@H]1[C@]32C. The van der Waals surface area contributed by atoms with Crippen molar-refractivity contribution in [3.63, 3.8) is 0 Å². The zero-order valence-electron chi connectivity index (χ0n) is 12.8. The van der Waals surface area contributed by atoms with Gasteiger partial charge in [-0.2, -0.15) is 0 Å². The zero-order chi connectivity index (χ0) is 14.6. The van der Waals surface area contributed by atoms with Gasteiger partial charge in [0.1, 0.15) is 0 Å². The van der Waals surface area contributed by atoms with Gasteiger partial charge in [-0.3, -0.25) is 4.79 Å². The second kappa shape index (κ2) is 4.46. The molecule has 2 fully saturated rings. The van der Waals surface area contributed by atoms with Crippen molar-refractivity contribution in [2.45, 2.75) is 45.2 Å². The Morgan fingerprint density at radius 1 is 1.24 bits per heavy atom. The maximum absolute atomic E-state index is 13.0. The summed E-state index contributed by atoms with van der Waals surface area (Å²) >= 11 is 0. The van der Waals surface area contributed by atoms with Crippen molar-refractivity contribution in [3.8, 4) is 0 Å². The van der Waals surface area contributed by atoms with E-state index in [1.807, 2.05) is 6.07 Å². The van der Waals surface area contributed by atoms with Crippen LogP contribution in [0.3, 0.4) is 0 Å². The topological polar surface area (TPSA) is 20.3 Å². The Labute approximate surface area is 126 Å². The summed E-state index contributed by atoms with van der Waals surface area (Å²) in [5.41, 5.74) is 1.40. The molecule has 0 aromatic heterocycles. The minimum atomic E-state index is 0.162. The highest BCUT2D eigenvalue weighted by atomic mass is 16.2. The fourth-order valence-corrected chi connectivity index (χ4v) is 5.10. The van der Waals surface area contributed by atoms with Crippen LogP contribution in [0.1, 0.15) is 44.7 Å². The molecule has 110 valence electrons. The second-order valence-electron chi connectivity index (χ2n) is 7.13. The monoisotopic (exact) mass is 281 g/mol. The van der Waals surface area contributed by atoms with Gasteiger partial charge in [0.25, 0.3) is 0 Å². The molecule has 21 heavy (non-hydrogen) atoms. The number of rotatable bonds is 2. The molecule has 3 aliphatic rings. The van der Waals surface area contributed by atoms with Crippen LogP contribution in [0.4, 0.5) is 0 Å². The van der Waals surface area contributed by atoms with Gasteiger partial charge < -0.3 is 4.90 Å². The Hall–Kier alpha value is -1.57. The normalized spacial score (nSPS) is 38.7. The number of nitrogens with zero attached hydrogens (tertiary/aromatic N) is 1. The maximum Gasteiger partial charge on any atom is 0.227 e. The molecule has 0 N–H and O–H groups in total. The number of amides is 1. The van der Waals surface area contributed by atoms with E-state index in [-0.39, 0.29) is 23.4 Å². The molecule has 0 bridgehead atoms. The number of carbonyl (C=O) groups is 1. The Morgan fingerprint density at radius 2 is 2.00 bits per heavy atom. The standard InChI is InChI=1S/C19H23NO/c1-13(14-7-4-3-5-8-14)20-17-10-6-9-15-11-12-16(18(20)21)19(15,17)2/h3-8,10,13,15-17H,9,11-12H2,1-2H3/t13-,15-,16-,17-,19-/m1/s1. The van der Waals surface area contributed by atoms with E-state index >= 15 is 0 Å². The minimum Gasteiger partial charge on any atom is -0.329 e. The van der Waals surface area contributed by atoms with Gasteiger partial charge in [-0.25, -0.2) is 0 Å². The average molecular weight is 281 g/mol. The summed E-state index contributed by atoms with van der Waals surface area (Å²) in [5.74, 6) is 1.31.